The van der Waals surface area contributed by atoms with Crippen LogP contribution in [0.3, 0.4) is 0 Å². The molecule has 0 fully saturated rings. The van der Waals surface area contributed by atoms with E-state index < -0.39 is 6.23 Å². The zero-order valence-electron chi connectivity index (χ0n) is 12.6. The molecule has 0 spiro atoms. The molecule has 0 amide bonds. The summed E-state index contributed by atoms with van der Waals surface area (Å²) in [6, 6.07) is 9.75. The first-order valence-electron chi connectivity index (χ1n) is 7.16. The molecule has 3 heterocycles. The zero-order chi connectivity index (χ0) is 16.5. The number of ether oxygens (including phenoxy) is 1. The number of thioether (sulfide) groups is 1. The molecule has 0 saturated heterocycles. The first-order valence-corrected chi connectivity index (χ1v) is 9.18. The lowest BCUT2D eigenvalue weighted by atomic mass is 10.1. The molecule has 120 valence electrons. The maximum atomic E-state index is 6.11. The van der Waals surface area contributed by atoms with Crippen LogP contribution in [0.2, 0.25) is 0 Å². The van der Waals surface area contributed by atoms with Gasteiger partial charge in [-0.3, -0.25) is 4.98 Å². The molecule has 3 aromatic rings. The average molecular weight is 402 g/mol. The standard InChI is InChI=1S/C16H12BrN5OS/c1-24-16-20-15-13(21-22-16)11-7-10(17)4-5-12(11)19-14(23-15)9-3-2-6-18-8-9/h2-8,14,19H,1H3. The fourth-order valence-corrected chi connectivity index (χ4v) is 3.10. The van der Waals surface area contributed by atoms with E-state index in [0.717, 1.165) is 21.3 Å². The van der Waals surface area contributed by atoms with E-state index in [1.807, 2.05) is 36.6 Å². The molecule has 1 aliphatic rings. The van der Waals surface area contributed by atoms with Gasteiger partial charge in [-0.05, 0) is 30.5 Å². The van der Waals surface area contributed by atoms with Crippen molar-refractivity contribution in [2.24, 2.45) is 0 Å². The van der Waals surface area contributed by atoms with E-state index in [-0.39, 0.29) is 0 Å². The Balaban J connectivity index is 1.89. The first kappa shape index (κ1) is 15.3. The van der Waals surface area contributed by atoms with Gasteiger partial charge in [-0.1, -0.05) is 33.8 Å². The Morgan fingerprint density at radius 2 is 2.17 bits per heavy atom. The van der Waals surface area contributed by atoms with Crippen LogP contribution in [0.15, 0.2) is 52.4 Å². The summed E-state index contributed by atoms with van der Waals surface area (Å²) in [5.41, 5.74) is 3.31. The van der Waals surface area contributed by atoms with Gasteiger partial charge in [0, 0.05) is 33.7 Å². The zero-order valence-corrected chi connectivity index (χ0v) is 15.0. The highest BCUT2D eigenvalue weighted by Crippen LogP contribution is 2.40. The van der Waals surface area contributed by atoms with Crippen LogP contribution >= 0.6 is 27.7 Å². The van der Waals surface area contributed by atoms with Crippen molar-refractivity contribution in [1.82, 2.24) is 20.2 Å². The average Bonchev–Trinajstić information content (AvgIpc) is 2.78. The van der Waals surface area contributed by atoms with Crippen LogP contribution in [0.4, 0.5) is 5.69 Å². The van der Waals surface area contributed by atoms with Crippen LogP contribution in [-0.4, -0.2) is 26.4 Å². The number of pyridine rings is 1. The van der Waals surface area contributed by atoms with Crippen molar-refractivity contribution >= 4 is 33.4 Å². The molecule has 6 nitrogen and oxygen atoms in total. The van der Waals surface area contributed by atoms with Gasteiger partial charge in [-0.15, -0.1) is 10.2 Å². The molecule has 8 heteroatoms. The molecule has 0 radical (unpaired) electrons. The Hall–Kier alpha value is -2.19. The second-order valence-electron chi connectivity index (χ2n) is 5.07. The molecule has 0 saturated carbocycles. The maximum absolute atomic E-state index is 6.11. The minimum absolute atomic E-state index is 0.411. The van der Waals surface area contributed by atoms with E-state index in [1.165, 1.54) is 11.8 Å². The smallest absolute Gasteiger partial charge is 0.247 e. The molecular formula is C16H12BrN5OS. The van der Waals surface area contributed by atoms with E-state index in [1.54, 1.807) is 12.4 Å². The quantitative estimate of drug-likeness (QED) is 0.652. The van der Waals surface area contributed by atoms with Gasteiger partial charge in [0.1, 0.15) is 0 Å². The predicted molar refractivity (Wildman–Crippen MR) is 96.0 cm³/mol. The van der Waals surface area contributed by atoms with Gasteiger partial charge in [-0.2, -0.15) is 4.98 Å². The number of aromatic nitrogens is 4. The normalized spacial score (nSPS) is 15.5. The van der Waals surface area contributed by atoms with Crippen molar-refractivity contribution in [1.29, 1.82) is 0 Å². The fourth-order valence-electron chi connectivity index (χ4n) is 2.44. The maximum Gasteiger partial charge on any atom is 0.247 e. The van der Waals surface area contributed by atoms with Crippen molar-refractivity contribution in [2.45, 2.75) is 11.4 Å². The predicted octanol–water partition coefficient (Wildman–Crippen LogP) is 3.92. The van der Waals surface area contributed by atoms with Crippen LogP contribution in [0.25, 0.3) is 11.3 Å². The van der Waals surface area contributed by atoms with Gasteiger partial charge in [0.2, 0.25) is 11.0 Å². The summed E-state index contributed by atoms with van der Waals surface area (Å²) < 4.78 is 7.06. The Morgan fingerprint density at radius 3 is 2.96 bits per heavy atom. The molecule has 0 aliphatic carbocycles. The largest absolute Gasteiger partial charge is 0.448 e. The third kappa shape index (κ3) is 2.83. The molecule has 1 aromatic carbocycles. The van der Waals surface area contributed by atoms with Crippen LogP contribution < -0.4 is 10.1 Å². The van der Waals surface area contributed by atoms with Crippen molar-refractivity contribution < 1.29 is 4.74 Å². The summed E-state index contributed by atoms with van der Waals surface area (Å²) in [5, 5.41) is 12.4. The lowest BCUT2D eigenvalue weighted by Crippen LogP contribution is -2.17. The summed E-state index contributed by atoms with van der Waals surface area (Å²) in [7, 11) is 0. The first-order chi connectivity index (χ1) is 11.7. The van der Waals surface area contributed by atoms with E-state index in [4.69, 9.17) is 4.74 Å². The number of fused-ring (bicyclic) bond motifs is 3. The van der Waals surface area contributed by atoms with E-state index in [2.05, 4.69) is 41.4 Å². The Kier molecular flexibility index (Phi) is 4.07. The van der Waals surface area contributed by atoms with E-state index >= 15 is 0 Å². The third-order valence-electron chi connectivity index (χ3n) is 3.56. The summed E-state index contributed by atoms with van der Waals surface area (Å²) in [6.45, 7) is 0. The number of nitrogens with zero attached hydrogens (tertiary/aromatic N) is 4. The highest BCUT2D eigenvalue weighted by Gasteiger charge is 2.26. The Labute approximate surface area is 151 Å². The minimum Gasteiger partial charge on any atom is -0.448 e. The monoisotopic (exact) mass is 401 g/mol. The lowest BCUT2D eigenvalue weighted by molar-refractivity contribution is 0.225. The van der Waals surface area contributed by atoms with E-state index in [0.29, 0.717) is 16.7 Å². The van der Waals surface area contributed by atoms with Gasteiger partial charge in [-0.25, -0.2) is 0 Å². The molecular weight excluding hydrogens is 390 g/mol. The molecule has 2 aromatic heterocycles. The summed E-state index contributed by atoms with van der Waals surface area (Å²) in [6.07, 6.45) is 4.99. The summed E-state index contributed by atoms with van der Waals surface area (Å²) >= 11 is 4.93. The van der Waals surface area contributed by atoms with E-state index in [9.17, 15) is 0 Å². The highest BCUT2D eigenvalue weighted by molar-refractivity contribution is 9.10. The number of hydrogen-bond acceptors (Lipinski definition) is 7. The molecule has 1 N–H and O–H groups in total. The number of benzene rings is 1. The lowest BCUT2D eigenvalue weighted by Gasteiger charge is -2.18. The molecule has 1 aliphatic heterocycles. The van der Waals surface area contributed by atoms with Gasteiger partial charge in [0.05, 0.1) is 0 Å². The molecule has 1 atom stereocenters. The molecule has 24 heavy (non-hydrogen) atoms. The van der Waals surface area contributed by atoms with Crippen molar-refractivity contribution in [3.05, 3.63) is 52.8 Å². The van der Waals surface area contributed by atoms with Crippen LogP contribution in [0.1, 0.15) is 11.8 Å². The number of rotatable bonds is 2. The molecule has 1 unspecified atom stereocenters. The topological polar surface area (TPSA) is 72.8 Å². The number of hydrogen-bond donors (Lipinski definition) is 1. The van der Waals surface area contributed by atoms with Crippen molar-refractivity contribution in [3.8, 4) is 17.1 Å². The fraction of sp³-hybridized carbons (Fsp3) is 0.125. The second-order valence-corrected chi connectivity index (χ2v) is 6.76. The van der Waals surface area contributed by atoms with Crippen molar-refractivity contribution in [3.63, 3.8) is 0 Å². The van der Waals surface area contributed by atoms with Gasteiger partial charge < -0.3 is 10.1 Å². The minimum atomic E-state index is -0.411. The highest BCUT2D eigenvalue weighted by atomic mass is 79.9. The van der Waals surface area contributed by atoms with Gasteiger partial charge in [0.25, 0.3) is 0 Å². The Morgan fingerprint density at radius 1 is 1.25 bits per heavy atom. The van der Waals surface area contributed by atoms with Crippen LogP contribution in [-0.2, 0) is 0 Å². The summed E-state index contributed by atoms with van der Waals surface area (Å²) in [4.78, 5) is 8.66. The number of nitrogens with one attached hydrogen (secondary N) is 1. The third-order valence-corrected chi connectivity index (χ3v) is 4.59. The van der Waals surface area contributed by atoms with Gasteiger partial charge in [0.15, 0.2) is 11.9 Å². The number of halogens is 1. The van der Waals surface area contributed by atoms with Crippen LogP contribution in [0, 0.1) is 0 Å². The number of anilines is 1. The SMILES string of the molecule is CSc1nnc2c(n1)OC(c1cccnc1)Nc1ccc(Br)cc1-2. The molecule has 4 rings (SSSR count). The van der Waals surface area contributed by atoms with Crippen LogP contribution in [0.5, 0.6) is 5.88 Å². The Bertz CT molecular complexity index is 893. The second kappa shape index (κ2) is 6.37. The molecule has 0 bridgehead atoms. The van der Waals surface area contributed by atoms with Gasteiger partial charge >= 0.3 is 0 Å². The van der Waals surface area contributed by atoms with Crippen molar-refractivity contribution in [2.75, 3.05) is 11.6 Å². The summed E-state index contributed by atoms with van der Waals surface area (Å²) in [5.74, 6) is 0.451.